The Bertz CT molecular complexity index is 189. The Kier molecular flexibility index (Phi) is 4.62. The average Bonchev–Trinajstić information content (AvgIpc) is 2.27. The smallest absolute Gasteiger partial charge is 0.418 e. The molecular weight excluding hydrogens is 188 g/mol. The van der Waals surface area contributed by atoms with E-state index in [0.717, 1.165) is 18.8 Å². The molecule has 0 unspecified atom stereocenters. The van der Waals surface area contributed by atoms with Gasteiger partial charge in [0, 0.05) is 0 Å². The van der Waals surface area contributed by atoms with E-state index in [9.17, 15) is 4.79 Å². The second-order valence-electron chi connectivity index (χ2n) is 4.91. The Hall–Kier alpha value is -0.530. The van der Waals surface area contributed by atoms with E-state index in [2.05, 4.69) is 20.8 Å². The predicted molar refractivity (Wildman–Crippen MR) is 61.2 cm³/mol. The van der Waals surface area contributed by atoms with E-state index in [1.807, 2.05) is 0 Å². The molecule has 0 spiro atoms. The lowest BCUT2D eigenvalue weighted by Gasteiger charge is -2.40. The molecule has 1 radical (unpaired) electrons. The largest absolute Gasteiger partial charge is 0.450 e. The quantitative estimate of drug-likeness (QED) is 0.696. The standard InChI is InChI=1S/C13H23O2/c1-4-13(5-2,15-10-14)12-8-6-11(3)7-9-12/h11-12H,4-9H2,1-3H3. The van der Waals surface area contributed by atoms with Crippen LogP contribution in [0.5, 0.6) is 0 Å². The topological polar surface area (TPSA) is 26.3 Å². The molecule has 0 aromatic rings. The summed E-state index contributed by atoms with van der Waals surface area (Å²) in [6.45, 7) is 8.20. The van der Waals surface area contributed by atoms with Crippen molar-refractivity contribution >= 4 is 6.47 Å². The summed E-state index contributed by atoms with van der Waals surface area (Å²) in [7, 11) is 0. The van der Waals surface area contributed by atoms with Crippen molar-refractivity contribution in [2.75, 3.05) is 0 Å². The predicted octanol–water partition coefficient (Wildman–Crippen LogP) is 3.46. The molecule has 1 fully saturated rings. The summed E-state index contributed by atoms with van der Waals surface area (Å²) in [6.07, 6.45) is 6.77. The Labute approximate surface area is 93.4 Å². The van der Waals surface area contributed by atoms with Gasteiger partial charge < -0.3 is 4.74 Å². The van der Waals surface area contributed by atoms with Crippen LogP contribution in [-0.2, 0) is 9.53 Å². The van der Waals surface area contributed by atoms with Gasteiger partial charge in [-0.1, -0.05) is 33.6 Å². The van der Waals surface area contributed by atoms with Crippen LogP contribution < -0.4 is 0 Å². The van der Waals surface area contributed by atoms with E-state index in [1.165, 1.54) is 25.7 Å². The maximum absolute atomic E-state index is 10.5. The van der Waals surface area contributed by atoms with E-state index < -0.39 is 0 Å². The van der Waals surface area contributed by atoms with Crippen LogP contribution in [0, 0.1) is 11.8 Å². The van der Waals surface area contributed by atoms with Crippen molar-refractivity contribution in [1.82, 2.24) is 0 Å². The molecule has 15 heavy (non-hydrogen) atoms. The van der Waals surface area contributed by atoms with Gasteiger partial charge >= 0.3 is 6.47 Å². The van der Waals surface area contributed by atoms with Gasteiger partial charge in [-0.2, -0.15) is 0 Å². The first-order chi connectivity index (χ1) is 7.18. The zero-order valence-electron chi connectivity index (χ0n) is 10.2. The number of carbonyl (C=O) groups excluding carboxylic acids is 1. The fourth-order valence-corrected chi connectivity index (χ4v) is 2.92. The van der Waals surface area contributed by atoms with Gasteiger partial charge in [0.1, 0.15) is 5.60 Å². The molecule has 0 atom stereocenters. The molecule has 87 valence electrons. The molecule has 2 nitrogen and oxygen atoms in total. The van der Waals surface area contributed by atoms with Gasteiger partial charge in [0.25, 0.3) is 0 Å². The highest BCUT2D eigenvalue weighted by Gasteiger charge is 2.39. The molecule has 1 saturated carbocycles. The normalized spacial score (nSPS) is 27.4. The van der Waals surface area contributed by atoms with Crippen LogP contribution in [0.25, 0.3) is 0 Å². The monoisotopic (exact) mass is 211 g/mol. The maximum atomic E-state index is 10.5. The van der Waals surface area contributed by atoms with Crippen LogP contribution >= 0.6 is 0 Å². The molecule has 0 aromatic carbocycles. The van der Waals surface area contributed by atoms with Gasteiger partial charge in [-0.05, 0) is 37.5 Å². The maximum Gasteiger partial charge on any atom is 0.418 e. The fraction of sp³-hybridized carbons (Fsp3) is 0.923. The molecule has 0 amide bonds. The number of hydrogen-bond donors (Lipinski definition) is 0. The van der Waals surface area contributed by atoms with Gasteiger partial charge in [0.2, 0.25) is 0 Å². The minimum Gasteiger partial charge on any atom is -0.450 e. The van der Waals surface area contributed by atoms with Crippen LogP contribution in [0.3, 0.4) is 0 Å². The van der Waals surface area contributed by atoms with Crippen LogP contribution in [0.4, 0.5) is 0 Å². The Morgan fingerprint density at radius 3 is 2.13 bits per heavy atom. The second-order valence-corrected chi connectivity index (χ2v) is 4.91. The third-order valence-electron chi connectivity index (χ3n) is 4.20. The molecule has 0 N–H and O–H groups in total. The third kappa shape index (κ3) is 2.73. The fourth-order valence-electron chi connectivity index (χ4n) is 2.92. The van der Waals surface area contributed by atoms with Crippen LogP contribution in [0.15, 0.2) is 0 Å². The highest BCUT2D eigenvalue weighted by Crippen LogP contribution is 2.40. The van der Waals surface area contributed by atoms with Gasteiger partial charge in [-0.25, -0.2) is 4.79 Å². The molecule has 0 saturated heterocycles. The molecule has 0 aromatic heterocycles. The van der Waals surface area contributed by atoms with E-state index in [-0.39, 0.29) is 5.60 Å². The minimum absolute atomic E-state index is 0.234. The zero-order valence-corrected chi connectivity index (χ0v) is 10.2. The Morgan fingerprint density at radius 2 is 1.73 bits per heavy atom. The molecule has 1 rings (SSSR count). The number of hydrogen-bond acceptors (Lipinski definition) is 2. The first-order valence-electron chi connectivity index (χ1n) is 6.23. The van der Waals surface area contributed by atoms with Gasteiger partial charge in [-0.15, -0.1) is 0 Å². The first kappa shape index (κ1) is 12.5. The van der Waals surface area contributed by atoms with Crippen molar-refractivity contribution in [3.8, 4) is 0 Å². The van der Waals surface area contributed by atoms with E-state index in [4.69, 9.17) is 4.74 Å². The molecule has 2 heteroatoms. The average molecular weight is 211 g/mol. The minimum atomic E-state index is -0.234. The molecule has 0 bridgehead atoms. The second kappa shape index (κ2) is 5.53. The lowest BCUT2D eigenvalue weighted by Crippen LogP contribution is -2.41. The summed E-state index contributed by atoms with van der Waals surface area (Å²) >= 11 is 0. The Balaban J connectivity index is 2.66. The Morgan fingerprint density at radius 1 is 1.20 bits per heavy atom. The number of rotatable bonds is 5. The summed E-state index contributed by atoms with van der Waals surface area (Å²) in [5, 5.41) is 0. The third-order valence-corrected chi connectivity index (χ3v) is 4.20. The summed E-state index contributed by atoms with van der Waals surface area (Å²) in [5.41, 5.74) is -0.234. The summed E-state index contributed by atoms with van der Waals surface area (Å²) in [6, 6.07) is 0. The van der Waals surface area contributed by atoms with Gasteiger partial charge in [0.15, 0.2) is 0 Å². The summed E-state index contributed by atoms with van der Waals surface area (Å²) < 4.78 is 5.30. The van der Waals surface area contributed by atoms with E-state index >= 15 is 0 Å². The van der Waals surface area contributed by atoms with Gasteiger partial charge in [0.05, 0.1) is 0 Å². The first-order valence-corrected chi connectivity index (χ1v) is 6.23. The van der Waals surface area contributed by atoms with Crippen LogP contribution in [0.1, 0.15) is 59.3 Å². The van der Waals surface area contributed by atoms with Crippen molar-refractivity contribution in [2.45, 2.75) is 64.9 Å². The zero-order chi connectivity index (χ0) is 11.3. The molecule has 0 heterocycles. The van der Waals surface area contributed by atoms with Crippen molar-refractivity contribution in [3.05, 3.63) is 0 Å². The van der Waals surface area contributed by atoms with Crippen LogP contribution in [-0.4, -0.2) is 12.1 Å². The van der Waals surface area contributed by atoms with Crippen molar-refractivity contribution in [3.63, 3.8) is 0 Å². The van der Waals surface area contributed by atoms with Gasteiger partial charge in [-0.3, -0.25) is 0 Å². The molecule has 1 aliphatic rings. The van der Waals surface area contributed by atoms with E-state index in [1.54, 1.807) is 6.47 Å². The summed E-state index contributed by atoms with van der Waals surface area (Å²) in [4.78, 5) is 10.5. The van der Waals surface area contributed by atoms with Crippen molar-refractivity contribution in [1.29, 1.82) is 0 Å². The lowest BCUT2D eigenvalue weighted by atomic mass is 9.71. The molecule has 1 aliphatic carbocycles. The molecule has 0 aliphatic heterocycles. The van der Waals surface area contributed by atoms with Crippen molar-refractivity contribution < 1.29 is 9.53 Å². The van der Waals surface area contributed by atoms with Crippen LogP contribution in [0.2, 0.25) is 0 Å². The SMILES string of the molecule is CCC(CC)(O[C]=O)C1CCC(C)CC1. The van der Waals surface area contributed by atoms with E-state index in [0.29, 0.717) is 5.92 Å². The lowest BCUT2D eigenvalue weighted by molar-refractivity contribution is -0.0326. The van der Waals surface area contributed by atoms with Crippen molar-refractivity contribution in [2.24, 2.45) is 11.8 Å². The highest BCUT2D eigenvalue weighted by atomic mass is 16.5. The highest BCUT2D eigenvalue weighted by molar-refractivity contribution is 5.39. The number of ether oxygens (including phenoxy) is 1. The molecular formula is C13H23O2. The summed E-state index contributed by atoms with van der Waals surface area (Å²) in [5.74, 6) is 1.39.